The zero-order chi connectivity index (χ0) is 9.14. The molecule has 0 aromatic heterocycles. The van der Waals surface area contributed by atoms with Gasteiger partial charge in [0.05, 0.1) is 0 Å². The van der Waals surface area contributed by atoms with Crippen molar-refractivity contribution in [2.24, 2.45) is 0 Å². The molecular formula is C10H16N2. The number of anilines is 1. The van der Waals surface area contributed by atoms with Crippen LogP contribution in [-0.4, -0.2) is 19.0 Å². The maximum atomic E-state index is 5.68. The second-order valence-electron chi connectivity index (χ2n) is 3.31. The molecule has 1 unspecified atom stereocenters. The number of hydrogen-bond acceptors (Lipinski definition) is 2. The van der Waals surface area contributed by atoms with Crippen LogP contribution in [0, 0.1) is 0 Å². The molecule has 0 amide bonds. The zero-order valence-electron chi connectivity index (χ0n) is 7.91. The minimum Gasteiger partial charge on any atom is -0.399 e. The summed E-state index contributed by atoms with van der Waals surface area (Å²) < 4.78 is 0. The van der Waals surface area contributed by atoms with Crippen molar-refractivity contribution in [3.63, 3.8) is 0 Å². The first kappa shape index (κ1) is 9.07. The SMILES string of the molecule is CC(c1cccc(N)c1)N(C)C. The van der Waals surface area contributed by atoms with E-state index in [1.807, 2.05) is 18.2 Å². The molecule has 1 aromatic carbocycles. The van der Waals surface area contributed by atoms with Gasteiger partial charge in [0.1, 0.15) is 0 Å². The lowest BCUT2D eigenvalue weighted by molar-refractivity contribution is 0.321. The Bertz CT molecular complexity index is 256. The number of nitrogens with two attached hydrogens (primary N) is 1. The molecule has 1 aromatic rings. The summed E-state index contributed by atoms with van der Waals surface area (Å²) in [6.07, 6.45) is 0. The van der Waals surface area contributed by atoms with Gasteiger partial charge in [0.25, 0.3) is 0 Å². The Morgan fingerprint density at radius 3 is 2.50 bits per heavy atom. The van der Waals surface area contributed by atoms with Crippen LogP contribution in [0.2, 0.25) is 0 Å². The molecule has 0 aliphatic carbocycles. The number of nitrogen functional groups attached to an aromatic ring is 1. The van der Waals surface area contributed by atoms with Gasteiger partial charge in [0, 0.05) is 11.7 Å². The second kappa shape index (κ2) is 3.59. The molecule has 1 rings (SSSR count). The average molecular weight is 164 g/mol. The van der Waals surface area contributed by atoms with Crippen molar-refractivity contribution in [2.45, 2.75) is 13.0 Å². The third kappa shape index (κ3) is 1.98. The lowest BCUT2D eigenvalue weighted by Gasteiger charge is -2.20. The van der Waals surface area contributed by atoms with Gasteiger partial charge >= 0.3 is 0 Å². The number of nitrogens with zero attached hydrogens (tertiary/aromatic N) is 1. The summed E-state index contributed by atoms with van der Waals surface area (Å²) in [4.78, 5) is 2.16. The topological polar surface area (TPSA) is 29.3 Å². The second-order valence-corrected chi connectivity index (χ2v) is 3.31. The lowest BCUT2D eigenvalue weighted by Crippen LogP contribution is -2.16. The van der Waals surface area contributed by atoms with Gasteiger partial charge in [0.2, 0.25) is 0 Å². The Balaban J connectivity index is 2.88. The molecule has 1 atom stereocenters. The molecule has 2 N–H and O–H groups in total. The third-order valence-corrected chi connectivity index (χ3v) is 2.17. The molecule has 0 fully saturated rings. The Hall–Kier alpha value is -1.02. The van der Waals surface area contributed by atoms with Crippen molar-refractivity contribution in [1.29, 1.82) is 0 Å². The van der Waals surface area contributed by atoms with Gasteiger partial charge in [-0.1, -0.05) is 12.1 Å². The summed E-state index contributed by atoms with van der Waals surface area (Å²) in [5, 5.41) is 0. The van der Waals surface area contributed by atoms with Gasteiger partial charge in [-0.2, -0.15) is 0 Å². The first-order valence-corrected chi connectivity index (χ1v) is 4.13. The predicted molar refractivity (Wildman–Crippen MR) is 53.0 cm³/mol. The predicted octanol–water partition coefficient (Wildman–Crippen LogP) is 1.89. The van der Waals surface area contributed by atoms with E-state index in [-0.39, 0.29) is 0 Å². The lowest BCUT2D eigenvalue weighted by atomic mass is 10.1. The van der Waals surface area contributed by atoms with Gasteiger partial charge < -0.3 is 10.6 Å². The van der Waals surface area contributed by atoms with Crippen LogP contribution < -0.4 is 5.73 Å². The Morgan fingerprint density at radius 2 is 2.00 bits per heavy atom. The van der Waals surface area contributed by atoms with E-state index in [1.165, 1.54) is 5.56 Å². The fourth-order valence-electron chi connectivity index (χ4n) is 1.12. The van der Waals surface area contributed by atoms with Gasteiger partial charge in [-0.15, -0.1) is 0 Å². The fourth-order valence-corrected chi connectivity index (χ4v) is 1.12. The Labute approximate surface area is 74.0 Å². The molecule has 12 heavy (non-hydrogen) atoms. The smallest absolute Gasteiger partial charge is 0.0317 e. The van der Waals surface area contributed by atoms with Crippen LogP contribution in [0.3, 0.4) is 0 Å². The summed E-state index contributed by atoms with van der Waals surface area (Å²) >= 11 is 0. The van der Waals surface area contributed by atoms with Crippen molar-refractivity contribution in [3.05, 3.63) is 29.8 Å². The number of benzene rings is 1. The highest BCUT2D eigenvalue weighted by molar-refractivity contribution is 5.41. The van der Waals surface area contributed by atoms with Gasteiger partial charge in [-0.3, -0.25) is 0 Å². The van der Waals surface area contributed by atoms with E-state index in [4.69, 9.17) is 5.73 Å². The molecule has 0 heterocycles. The fraction of sp³-hybridized carbons (Fsp3) is 0.400. The first-order valence-electron chi connectivity index (χ1n) is 4.13. The van der Waals surface area contributed by atoms with E-state index in [9.17, 15) is 0 Å². The first-order chi connectivity index (χ1) is 5.61. The van der Waals surface area contributed by atoms with Crippen molar-refractivity contribution >= 4 is 5.69 Å². The minimum absolute atomic E-state index is 0.425. The monoisotopic (exact) mass is 164 g/mol. The summed E-state index contributed by atoms with van der Waals surface area (Å²) in [6.45, 7) is 2.16. The summed E-state index contributed by atoms with van der Waals surface area (Å²) in [6, 6.07) is 8.44. The number of hydrogen-bond donors (Lipinski definition) is 1. The highest BCUT2D eigenvalue weighted by Crippen LogP contribution is 2.18. The third-order valence-electron chi connectivity index (χ3n) is 2.17. The summed E-state index contributed by atoms with van der Waals surface area (Å²) in [7, 11) is 4.13. The largest absolute Gasteiger partial charge is 0.399 e. The van der Waals surface area contributed by atoms with Gasteiger partial charge in [-0.25, -0.2) is 0 Å². The van der Waals surface area contributed by atoms with Crippen molar-refractivity contribution in [2.75, 3.05) is 19.8 Å². The van der Waals surface area contributed by atoms with Gasteiger partial charge in [-0.05, 0) is 38.7 Å². The molecule has 0 aliphatic rings. The summed E-state index contributed by atoms with van der Waals surface area (Å²) in [5.41, 5.74) is 7.78. The van der Waals surface area contributed by atoms with E-state index in [0.717, 1.165) is 5.69 Å². The van der Waals surface area contributed by atoms with Gasteiger partial charge in [0.15, 0.2) is 0 Å². The normalized spacial score (nSPS) is 13.3. The molecule has 66 valence electrons. The Kier molecular flexibility index (Phi) is 2.71. The van der Waals surface area contributed by atoms with Crippen LogP contribution in [0.25, 0.3) is 0 Å². The molecule has 0 bridgehead atoms. The quantitative estimate of drug-likeness (QED) is 0.676. The molecule has 2 nitrogen and oxygen atoms in total. The van der Waals surface area contributed by atoms with E-state index in [0.29, 0.717) is 6.04 Å². The summed E-state index contributed by atoms with van der Waals surface area (Å²) in [5.74, 6) is 0. The molecule has 0 saturated heterocycles. The van der Waals surface area contributed by atoms with E-state index >= 15 is 0 Å². The van der Waals surface area contributed by atoms with E-state index in [2.05, 4.69) is 32.0 Å². The average Bonchev–Trinajstić information content (AvgIpc) is 2.03. The van der Waals surface area contributed by atoms with Crippen LogP contribution in [0.4, 0.5) is 5.69 Å². The maximum Gasteiger partial charge on any atom is 0.0317 e. The molecular weight excluding hydrogens is 148 g/mol. The highest BCUT2D eigenvalue weighted by Gasteiger charge is 2.06. The van der Waals surface area contributed by atoms with Crippen LogP contribution in [0.5, 0.6) is 0 Å². The van der Waals surface area contributed by atoms with Crippen LogP contribution in [0.1, 0.15) is 18.5 Å². The highest BCUT2D eigenvalue weighted by atomic mass is 15.1. The molecule has 0 aliphatic heterocycles. The van der Waals surface area contributed by atoms with E-state index in [1.54, 1.807) is 0 Å². The minimum atomic E-state index is 0.425. The molecule has 0 saturated carbocycles. The standard InChI is InChI=1S/C10H16N2/c1-8(12(2)3)9-5-4-6-10(11)7-9/h4-8H,11H2,1-3H3. The van der Waals surface area contributed by atoms with Crippen LogP contribution in [0.15, 0.2) is 24.3 Å². The van der Waals surface area contributed by atoms with Crippen LogP contribution in [-0.2, 0) is 0 Å². The van der Waals surface area contributed by atoms with E-state index < -0.39 is 0 Å². The molecule has 2 heteroatoms. The van der Waals surface area contributed by atoms with Crippen LogP contribution >= 0.6 is 0 Å². The molecule has 0 spiro atoms. The molecule has 0 radical (unpaired) electrons. The number of rotatable bonds is 2. The zero-order valence-corrected chi connectivity index (χ0v) is 7.91. The Morgan fingerprint density at radius 1 is 1.33 bits per heavy atom. The maximum absolute atomic E-state index is 5.68. The van der Waals surface area contributed by atoms with Crippen molar-refractivity contribution in [3.8, 4) is 0 Å². The van der Waals surface area contributed by atoms with Crippen molar-refractivity contribution < 1.29 is 0 Å². The van der Waals surface area contributed by atoms with Crippen molar-refractivity contribution in [1.82, 2.24) is 4.90 Å².